The second kappa shape index (κ2) is 9.75. The summed E-state index contributed by atoms with van der Waals surface area (Å²) in [7, 11) is 0. The van der Waals surface area contributed by atoms with Gasteiger partial charge in [0, 0.05) is 5.92 Å². The third-order valence-electron chi connectivity index (χ3n) is 10.9. The first-order valence-corrected chi connectivity index (χ1v) is 14.8. The van der Waals surface area contributed by atoms with Crippen molar-refractivity contribution >= 4 is 11.8 Å². The van der Waals surface area contributed by atoms with Crippen LogP contribution in [0.1, 0.15) is 55.6 Å². The van der Waals surface area contributed by atoms with E-state index < -0.39 is 41.7 Å². The minimum atomic E-state index is -2.15. The molecule has 2 aromatic rings. The van der Waals surface area contributed by atoms with Crippen LogP contribution in [-0.4, -0.2) is 51.5 Å². The third-order valence-corrected chi connectivity index (χ3v) is 10.9. The summed E-state index contributed by atoms with van der Waals surface area (Å²) in [5.74, 6) is -1.26. The molecule has 2 fully saturated rings. The van der Waals surface area contributed by atoms with E-state index in [0.29, 0.717) is 24.0 Å². The zero-order valence-electron chi connectivity index (χ0n) is 24.2. The number of fused-ring (bicyclic) bond motifs is 3. The second-order valence-corrected chi connectivity index (χ2v) is 13.3. The number of benzene rings is 2. The van der Waals surface area contributed by atoms with E-state index in [0.717, 1.165) is 17.5 Å². The average Bonchev–Trinajstić information content (AvgIpc) is 3.45. The van der Waals surface area contributed by atoms with Gasteiger partial charge in [0.05, 0.1) is 17.6 Å². The predicted molar refractivity (Wildman–Crippen MR) is 155 cm³/mol. The van der Waals surface area contributed by atoms with Gasteiger partial charge in [0.2, 0.25) is 0 Å². The molecule has 0 amide bonds. The molecule has 3 N–H and O–H groups in total. The number of carbonyl (C=O) groups excluding carboxylic acids is 2. The van der Waals surface area contributed by atoms with Gasteiger partial charge in [-0.25, -0.2) is 4.79 Å². The summed E-state index contributed by atoms with van der Waals surface area (Å²) in [5, 5.41) is 34.7. The van der Waals surface area contributed by atoms with Crippen molar-refractivity contribution in [3.8, 4) is 0 Å². The van der Waals surface area contributed by atoms with E-state index in [-0.39, 0.29) is 34.5 Å². The molecule has 6 rings (SSSR count). The lowest BCUT2D eigenvalue weighted by Gasteiger charge is -2.48. The maximum absolute atomic E-state index is 14.5. The number of ketones is 1. The van der Waals surface area contributed by atoms with Crippen molar-refractivity contribution in [2.45, 2.75) is 64.8 Å². The van der Waals surface area contributed by atoms with Crippen LogP contribution in [0.3, 0.4) is 0 Å². The highest BCUT2D eigenvalue weighted by molar-refractivity contribution is 5.96. The number of aliphatic hydroxyl groups is 3. The lowest BCUT2D eigenvalue weighted by atomic mass is 9.59. The number of aryl methyl sites for hydroxylation is 2. The fraction of sp³-hybridized carbons (Fsp3) is 0.486. The Balaban J connectivity index is 1.36. The molecule has 2 saturated carbocycles. The fourth-order valence-electron chi connectivity index (χ4n) is 8.63. The molecular formula is C35H40O6. The third kappa shape index (κ3) is 3.94. The first-order chi connectivity index (χ1) is 19.5. The first-order valence-electron chi connectivity index (χ1n) is 14.8. The number of allylic oxidation sites excluding steroid dienone is 1. The van der Waals surface area contributed by atoms with Gasteiger partial charge in [-0.15, -0.1) is 0 Å². The van der Waals surface area contributed by atoms with Crippen LogP contribution in [-0.2, 0) is 22.4 Å². The summed E-state index contributed by atoms with van der Waals surface area (Å²) in [6.45, 7) is 7.53. The van der Waals surface area contributed by atoms with E-state index >= 15 is 0 Å². The smallest absolute Gasteiger partial charge is 0.339 e. The van der Waals surface area contributed by atoms with Gasteiger partial charge in [-0.2, -0.15) is 0 Å². The Labute approximate surface area is 241 Å². The van der Waals surface area contributed by atoms with Crippen molar-refractivity contribution in [1.29, 1.82) is 0 Å². The molecule has 216 valence electrons. The van der Waals surface area contributed by atoms with Crippen molar-refractivity contribution in [2.24, 2.45) is 34.5 Å². The molecular weight excluding hydrogens is 516 g/mol. The molecule has 6 heteroatoms. The van der Waals surface area contributed by atoms with Gasteiger partial charge in [-0.3, -0.25) is 4.79 Å². The average molecular weight is 557 g/mol. The second-order valence-electron chi connectivity index (χ2n) is 13.3. The quantitative estimate of drug-likeness (QED) is 0.359. The van der Waals surface area contributed by atoms with E-state index in [1.165, 1.54) is 0 Å². The van der Waals surface area contributed by atoms with E-state index in [9.17, 15) is 24.9 Å². The van der Waals surface area contributed by atoms with Gasteiger partial charge < -0.3 is 20.1 Å². The number of Topliss-reactive ketones (excluding diaryl/α,β-unsaturated/α-hetero) is 1. The van der Waals surface area contributed by atoms with Crippen LogP contribution in [0.5, 0.6) is 0 Å². The molecule has 0 aromatic heterocycles. The van der Waals surface area contributed by atoms with Crippen molar-refractivity contribution in [3.05, 3.63) is 94.6 Å². The van der Waals surface area contributed by atoms with E-state index in [4.69, 9.17) is 4.74 Å². The lowest BCUT2D eigenvalue weighted by molar-refractivity contribution is -0.190. The van der Waals surface area contributed by atoms with Gasteiger partial charge in [0.25, 0.3) is 0 Å². The molecule has 4 aliphatic carbocycles. The molecule has 1 spiro atoms. The number of ether oxygens (including phenoxy) is 1. The Kier molecular flexibility index (Phi) is 6.68. The number of hydrogen-bond donors (Lipinski definition) is 3. The van der Waals surface area contributed by atoms with Crippen LogP contribution < -0.4 is 0 Å². The van der Waals surface area contributed by atoms with Crippen LogP contribution in [0.25, 0.3) is 0 Å². The molecule has 0 radical (unpaired) electrons. The molecule has 4 aliphatic rings. The Morgan fingerprint density at radius 3 is 2.44 bits per heavy atom. The summed E-state index contributed by atoms with van der Waals surface area (Å²) in [6.07, 6.45) is 2.70. The SMILES string of the molecule is CC1=C[C@]23C(=O)[C@@H](C=C(CO)[C@@H](O)[C@]2(O)[C@H]1OC(=O)c1ccccc1CCc1ccccc1)[C@H]1[C@@H](C[C@H]3C)C1(C)C. The molecule has 0 aliphatic heterocycles. The summed E-state index contributed by atoms with van der Waals surface area (Å²) in [5.41, 5.74) is -0.534. The summed E-state index contributed by atoms with van der Waals surface area (Å²) in [4.78, 5) is 28.3. The van der Waals surface area contributed by atoms with E-state index in [1.807, 2.05) is 49.4 Å². The largest absolute Gasteiger partial charge is 0.451 e. The van der Waals surface area contributed by atoms with Crippen molar-refractivity contribution in [1.82, 2.24) is 0 Å². The van der Waals surface area contributed by atoms with Crippen LogP contribution in [0, 0.1) is 34.5 Å². The highest BCUT2D eigenvalue weighted by Gasteiger charge is 2.76. The topological polar surface area (TPSA) is 104 Å². The van der Waals surface area contributed by atoms with Crippen LogP contribution in [0.15, 0.2) is 77.9 Å². The Bertz CT molecular complexity index is 1440. The fourth-order valence-corrected chi connectivity index (χ4v) is 8.63. The van der Waals surface area contributed by atoms with E-state index in [2.05, 4.69) is 13.8 Å². The van der Waals surface area contributed by atoms with Gasteiger partial charge in [-0.05, 0) is 77.7 Å². The number of hydrogen-bond acceptors (Lipinski definition) is 6. The highest BCUT2D eigenvalue weighted by atomic mass is 16.6. The number of aliphatic hydroxyl groups excluding tert-OH is 2. The molecule has 41 heavy (non-hydrogen) atoms. The maximum Gasteiger partial charge on any atom is 0.339 e. The highest BCUT2D eigenvalue weighted by Crippen LogP contribution is 2.71. The molecule has 0 unspecified atom stereocenters. The zero-order valence-corrected chi connectivity index (χ0v) is 24.2. The van der Waals surface area contributed by atoms with Gasteiger partial charge in [0.15, 0.2) is 17.5 Å². The zero-order chi connectivity index (χ0) is 29.3. The summed E-state index contributed by atoms with van der Waals surface area (Å²) >= 11 is 0. The monoisotopic (exact) mass is 556 g/mol. The van der Waals surface area contributed by atoms with Crippen molar-refractivity contribution in [3.63, 3.8) is 0 Å². The van der Waals surface area contributed by atoms with Gasteiger partial charge in [0.1, 0.15) is 6.10 Å². The van der Waals surface area contributed by atoms with E-state index in [1.54, 1.807) is 31.2 Å². The van der Waals surface area contributed by atoms with Crippen molar-refractivity contribution < 1.29 is 29.6 Å². The molecule has 2 aromatic carbocycles. The Morgan fingerprint density at radius 1 is 1.05 bits per heavy atom. The maximum atomic E-state index is 14.5. The first kappa shape index (κ1) is 28.1. The lowest BCUT2D eigenvalue weighted by Crippen LogP contribution is -2.65. The number of esters is 1. The number of rotatable bonds is 6. The van der Waals surface area contributed by atoms with Crippen LogP contribution in [0.2, 0.25) is 0 Å². The summed E-state index contributed by atoms with van der Waals surface area (Å²) in [6, 6.07) is 17.3. The van der Waals surface area contributed by atoms with Gasteiger partial charge >= 0.3 is 5.97 Å². The summed E-state index contributed by atoms with van der Waals surface area (Å²) < 4.78 is 6.12. The molecule has 2 bridgehead atoms. The van der Waals surface area contributed by atoms with Crippen LogP contribution in [0.4, 0.5) is 0 Å². The molecule has 6 nitrogen and oxygen atoms in total. The standard InChI is InChI=1S/C35H40O6/c1-20-18-34-21(2)16-27-28(33(27,3)4)26(30(34)38)17-24(19-36)29(37)35(34,40)31(20)41-32(39)25-13-9-8-12-23(25)15-14-22-10-6-5-7-11-22/h5-13,17-18,21,26-29,31,36-37,40H,14-16,19H2,1-4H3/t21-,26+,27-,28+,29-,31+,34+,35+/m1/s1. The van der Waals surface area contributed by atoms with Gasteiger partial charge in [-0.1, -0.05) is 81.5 Å². The minimum absolute atomic E-state index is 0.0483. The minimum Gasteiger partial charge on any atom is -0.451 e. The molecule has 0 heterocycles. The normalized spacial score (nSPS) is 36.7. The molecule has 8 atom stereocenters. The Morgan fingerprint density at radius 2 is 1.73 bits per heavy atom. The van der Waals surface area contributed by atoms with Crippen molar-refractivity contribution in [2.75, 3.05) is 6.61 Å². The number of carbonyl (C=O) groups is 2. The van der Waals surface area contributed by atoms with Crippen LogP contribution >= 0.6 is 0 Å². The predicted octanol–water partition coefficient (Wildman–Crippen LogP) is 4.47. The Hall–Kier alpha value is -3.06. The molecule has 0 saturated heterocycles.